The number of aliphatic hydroxyl groups excluding tert-OH is 2. The summed E-state index contributed by atoms with van der Waals surface area (Å²) >= 11 is 0. The van der Waals surface area contributed by atoms with Crippen LogP contribution < -0.4 is 11.3 Å². The van der Waals surface area contributed by atoms with Crippen molar-refractivity contribution < 1.29 is 15.0 Å². The molecule has 0 radical (unpaired) electrons. The summed E-state index contributed by atoms with van der Waals surface area (Å²) in [7, 11) is 0. The van der Waals surface area contributed by atoms with E-state index >= 15 is 0 Å². The Bertz CT molecular complexity index is 350. The second-order valence-corrected chi connectivity index (χ2v) is 3.17. The minimum Gasteiger partial charge on any atom is -0.395 e. The molecule has 0 fully saturated rings. The highest BCUT2D eigenvalue weighted by Crippen LogP contribution is 2.03. The third-order valence-corrected chi connectivity index (χ3v) is 2.05. The van der Waals surface area contributed by atoms with Crippen LogP contribution in [-0.2, 0) is 0 Å². The molecule has 1 heterocycles. The van der Waals surface area contributed by atoms with Gasteiger partial charge in [-0.2, -0.15) is 0 Å². The van der Waals surface area contributed by atoms with Crippen LogP contribution in [0.4, 0.5) is 5.82 Å². The summed E-state index contributed by atoms with van der Waals surface area (Å²) in [5.41, 5.74) is 2.42. The van der Waals surface area contributed by atoms with E-state index in [0.717, 1.165) is 0 Å². The SMILES string of the molecule is NNc1cnc(C(=O)N(CCO)CCO)cn1. The van der Waals surface area contributed by atoms with Crippen molar-refractivity contribution in [3.05, 3.63) is 18.1 Å². The number of anilines is 1. The molecule has 0 unspecified atom stereocenters. The van der Waals surface area contributed by atoms with Crippen LogP contribution >= 0.6 is 0 Å². The first-order chi connectivity index (χ1) is 8.22. The lowest BCUT2D eigenvalue weighted by atomic mass is 10.3. The maximum atomic E-state index is 11.9. The number of hydrazine groups is 1. The van der Waals surface area contributed by atoms with Gasteiger partial charge in [-0.1, -0.05) is 0 Å². The number of carbonyl (C=O) groups is 1. The fraction of sp³-hybridized carbons (Fsp3) is 0.444. The molecule has 1 aromatic rings. The number of nitrogens with two attached hydrogens (primary N) is 1. The van der Waals surface area contributed by atoms with Gasteiger partial charge < -0.3 is 20.5 Å². The van der Waals surface area contributed by atoms with Crippen molar-refractivity contribution in [1.82, 2.24) is 14.9 Å². The summed E-state index contributed by atoms with van der Waals surface area (Å²) in [5, 5.41) is 17.6. The smallest absolute Gasteiger partial charge is 0.274 e. The monoisotopic (exact) mass is 241 g/mol. The molecular weight excluding hydrogens is 226 g/mol. The third kappa shape index (κ3) is 3.63. The number of hydrogen-bond donors (Lipinski definition) is 4. The lowest BCUT2D eigenvalue weighted by Crippen LogP contribution is -2.36. The first kappa shape index (κ1) is 13.3. The molecule has 1 amide bonds. The van der Waals surface area contributed by atoms with Gasteiger partial charge in [0.05, 0.1) is 25.6 Å². The van der Waals surface area contributed by atoms with Gasteiger partial charge in [-0.15, -0.1) is 0 Å². The number of amides is 1. The van der Waals surface area contributed by atoms with E-state index < -0.39 is 5.91 Å². The summed E-state index contributed by atoms with van der Waals surface area (Å²) in [6.45, 7) is -0.0842. The number of hydrogen-bond acceptors (Lipinski definition) is 7. The summed E-state index contributed by atoms with van der Waals surface area (Å²) in [6.07, 6.45) is 2.60. The lowest BCUT2D eigenvalue weighted by molar-refractivity contribution is 0.0678. The fourth-order valence-electron chi connectivity index (χ4n) is 1.23. The molecule has 1 rings (SSSR count). The van der Waals surface area contributed by atoms with Gasteiger partial charge in [-0.05, 0) is 0 Å². The third-order valence-electron chi connectivity index (χ3n) is 2.05. The normalized spacial score (nSPS) is 10.1. The molecule has 0 atom stereocenters. The van der Waals surface area contributed by atoms with Gasteiger partial charge in [0.15, 0.2) is 5.82 Å². The fourth-order valence-corrected chi connectivity index (χ4v) is 1.23. The van der Waals surface area contributed by atoms with E-state index in [0.29, 0.717) is 5.82 Å². The molecule has 0 bridgehead atoms. The van der Waals surface area contributed by atoms with Crippen LogP contribution in [0.15, 0.2) is 12.4 Å². The number of nitrogen functional groups attached to an aromatic ring is 1. The summed E-state index contributed by atoms with van der Waals surface area (Å²) in [6, 6.07) is 0. The molecule has 94 valence electrons. The van der Waals surface area contributed by atoms with Gasteiger partial charge >= 0.3 is 0 Å². The van der Waals surface area contributed by atoms with Crippen molar-refractivity contribution in [2.75, 3.05) is 31.7 Å². The first-order valence-electron chi connectivity index (χ1n) is 5.02. The van der Waals surface area contributed by atoms with Crippen LogP contribution in [0, 0.1) is 0 Å². The molecule has 0 aliphatic rings. The Balaban J connectivity index is 2.77. The average Bonchev–Trinajstić information content (AvgIpc) is 2.38. The molecule has 0 aliphatic heterocycles. The summed E-state index contributed by atoms with van der Waals surface area (Å²) in [5.74, 6) is 5.06. The number of nitrogens with zero attached hydrogens (tertiary/aromatic N) is 3. The first-order valence-corrected chi connectivity index (χ1v) is 5.02. The maximum absolute atomic E-state index is 11.9. The Labute approximate surface area is 98.1 Å². The van der Waals surface area contributed by atoms with Crippen molar-refractivity contribution in [3.63, 3.8) is 0 Å². The Hall–Kier alpha value is -1.77. The van der Waals surface area contributed by atoms with Crippen LogP contribution in [0.1, 0.15) is 10.5 Å². The zero-order chi connectivity index (χ0) is 12.7. The lowest BCUT2D eigenvalue weighted by Gasteiger charge is -2.19. The van der Waals surface area contributed by atoms with Crippen LogP contribution in [0.3, 0.4) is 0 Å². The standard InChI is InChI=1S/C9H15N5O3/c10-13-8-6-11-7(5-12-8)9(17)14(1-3-15)2-4-16/h5-6,15-16H,1-4,10H2,(H,12,13). The number of rotatable bonds is 6. The van der Waals surface area contributed by atoms with Crippen LogP contribution in [0.2, 0.25) is 0 Å². The predicted molar refractivity (Wildman–Crippen MR) is 59.9 cm³/mol. The minimum atomic E-state index is -0.399. The van der Waals surface area contributed by atoms with Crippen LogP contribution in [-0.4, -0.2) is 57.3 Å². The second-order valence-electron chi connectivity index (χ2n) is 3.17. The molecular formula is C9H15N5O3. The van der Waals surface area contributed by atoms with Crippen LogP contribution in [0.25, 0.3) is 0 Å². The zero-order valence-electron chi connectivity index (χ0n) is 9.20. The van der Waals surface area contributed by atoms with E-state index in [9.17, 15) is 4.79 Å². The van der Waals surface area contributed by atoms with E-state index in [4.69, 9.17) is 16.1 Å². The van der Waals surface area contributed by atoms with Crippen molar-refractivity contribution in [2.45, 2.75) is 0 Å². The van der Waals surface area contributed by atoms with E-state index in [1.807, 2.05) is 0 Å². The van der Waals surface area contributed by atoms with Gasteiger partial charge in [-0.25, -0.2) is 15.8 Å². The number of aliphatic hydroxyl groups is 2. The van der Waals surface area contributed by atoms with Gasteiger partial charge in [-0.3, -0.25) is 4.79 Å². The molecule has 0 saturated heterocycles. The van der Waals surface area contributed by atoms with Gasteiger partial charge in [0.2, 0.25) is 0 Å². The molecule has 8 heteroatoms. The molecule has 1 aromatic heterocycles. The van der Waals surface area contributed by atoms with E-state index in [2.05, 4.69) is 15.4 Å². The number of aromatic nitrogens is 2. The van der Waals surface area contributed by atoms with Crippen LogP contribution in [0.5, 0.6) is 0 Å². The Morgan fingerprint density at radius 1 is 1.29 bits per heavy atom. The molecule has 17 heavy (non-hydrogen) atoms. The quantitative estimate of drug-likeness (QED) is 0.341. The molecule has 0 saturated carbocycles. The largest absolute Gasteiger partial charge is 0.395 e. The van der Waals surface area contributed by atoms with E-state index in [1.54, 1.807) is 0 Å². The van der Waals surface area contributed by atoms with E-state index in [1.165, 1.54) is 17.3 Å². The molecule has 0 aliphatic carbocycles. The van der Waals surface area contributed by atoms with Gasteiger partial charge in [0.1, 0.15) is 5.69 Å². The van der Waals surface area contributed by atoms with Crippen molar-refractivity contribution in [3.8, 4) is 0 Å². The van der Waals surface area contributed by atoms with Gasteiger partial charge in [0.25, 0.3) is 5.91 Å². The Kier molecular flexibility index (Phi) is 5.27. The zero-order valence-corrected chi connectivity index (χ0v) is 9.20. The van der Waals surface area contributed by atoms with Crippen molar-refractivity contribution in [1.29, 1.82) is 0 Å². The molecule has 8 nitrogen and oxygen atoms in total. The predicted octanol–water partition coefficient (Wildman–Crippen LogP) is -1.81. The highest BCUT2D eigenvalue weighted by atomic mass is 16.3. The summed E-state index contributed by atoms with van der Waals surface area (Å²) < 4.78 is 0. The Morgan fingerprint density at radius 3 is 2.35 bits per heavy atom. The molecule has 5 N–H and O–H groups in total. The Morgan fingerprint density at radius 2 is 1.94 bits per heavy atom. The molecule has 0 spiro atoms. The van der Waals surface area contributed by atoms with Gasteiger partial charge in [0, 0.05) is 13.1 Å². The molecule has 0 aromatic carbocycles. The number of carbonyl (C=O) groups excluding carboxylic acids is 1. The second kappa shape index (κ2) is 6.74. The maximum Gasteiger partial charge on any atom is 0.274 e. The van der Waals surface area contributed by atoms with Crippen molar-refractivity contribution in [2.24, 2.45) is 5.84 Å². The average molecular weight is 241 g/mol. The summed E-state index contributed by atoms with van der Waals surface area (Å²) in [4.78, 5) is 20.9. The minimum absolute atomic E-state index is 0.130. The topological polar surface area (TPSA) is 125 Å². The highest BCUT2D eigenvalue weighted by molar-refractivity contribution is 5.92. The van der Waals surface area contributed by atoms with Crippen molar-refractivity contribution >= 4 is 11.7 Å². The highest BCUT2D eigenvalue weighted by Gasteiger charge is 2.16. The number of nitrogens with one attached hydrogen (secondary N) is 1. The van der Waals surface area contributed by atoms with E-state index in [-0.39, 0.29) is 32.0 Å².